The third-order valence-electron chi connectivity index (χ3n) is 12.9. The molecule has 0 saturated heterocycles. The van der Waals surface area contributed by atoms with Crippen molar-refractivity contribution in [2.75, 3.05) is 0 Å². The Morgan fingerprint density at radius 2 is 1.00 bits per heavy atom. The highest BCUT2D eigenvalue weighted by atomic mass is 16.5. The Labute approximate surface area is 341 Å². The summed E-state index contributed by atoms with van der Waals surface area (Å²) >= 11 is 0. The van der Waals surface area contributed by atoms with E-state index in [1.54, 1.807) is 0 Å². The molecule has 1 aromatic heterocycles. The Morgan fingerprint density at radius 3 is 1.85 bits per heavy atom. The van der Waals surface area contributed by atoms with Gasteiger partial charge in [0.15, 0.2) is 0 Å². The molecular weight excluding hydrogens is 717 g/mol. The average molecular weight is 751 g/mol. The number of hydrogen-bond acceptors (Lipinski definition) is 2. The van der Waals surface area contributed by atoms with E-state index in [0.717, 1.165) is 50.0 Å². The van der Waals surface area contributed by atoms with Crippen LogP contribution in [0.4, 0.5) is 0 Å². The van der Waals surface area contributed by atoms with Crippen molar-refractivity contribution in [3.63, 3.8) is 0 Å². The van der Waals surface area contributed by atoms with Crippen LogP contribution in [-0.2, 0) is 5.41 Å². The molecule has 2 heteroatoms. The summed E-state index contributed by atoms with van der Waals surface area (Å²) < 4.78 is 13.0. The van der Waals surface area contributed by atoms with Gasteiger partial charge in [0.05, 0.1) is 5.41 Å². The first-order chi connectivity index (χ1) is 29.3. The van der Waals surface area contributed by atoms with Crippen molar-refractivity contribution in [1.82, 2.24) is 0 Å². The highest BCUT2D eigenvalue weighted by Crippen LogP contribution is 2.61. The molecule has 0 radical (unpaired) electrons. The average Bonchev–Trinajstić information content (AvgIpc) is 3.83. The Morgan fingerprint density at radius 1 is 0.356 bits per heavy atom. The predicted octanol–water partition coefficient (Wildman–Crippen LogP) is 15.4. The van der Waals surface area contributed by atoms with E-state index in [0.29, 0.717) is 0 Å². The van der Waals surface area contributed by atoms with Crippen LogP contribution >= 0.6 is 0 Å². The van der Waals surface area contributed by atoms with Gasteiger partial charge < -0.3 is 9.15 Å². The van der Waals surface area contributed by atoms with Gasteiger partial charge in [0, 0.05) is 21.7 Å². The lowest BCUT2D eigenvalue weighted by atomic mass is 9.66. The lowest BCUT2D eigenvalue weighted by Gasteiger charge is -2.35. The zero-order chi connectivity index (χ0) is 38.7. The lowest BCUT2D eigenvalue weighted by molar-refractivity contribution is 0.487. The maximum atomic E-state index is 6.54. The lowest BCUT2D eigenvalue weighted by Crippen LogP contribution is -2.29. The van der Waals surface area contributed by atoms with E-state index in [9.17, 15) is 0 Å². The van der Waals surface area contributed by atoms with Crippen LogP contribution in [0, 0.1) is 0 Å². The number of para-hydroxylation sites is 2. The molecule has 0 spiro atoms. The zero-order valence-electron chi connectivity index (χ0n) is 31.9. The van der Waals surface area contributed by atoms with E-state index in [4.69, 9.17) is 9.15 Å². The van der Waals surface area contributed by atoms with Gasteiger partial charge in [-0.15, -0.1) is 0 Å². The van der Waals surface area contributed by atoms with Gasteiger partial charge in [0.2, 0.25) is 0 Å². The van der Waals surface area contributed by atoms with Crippen molar-refractivity contribution in [2.45, 2.75) is 5.41 Å². The van der Waals surface area contributed by atoms with Crippen LogP contribution in [0.15, 0.2) is 211 Å². The second-order valence-electron chi connectivity index (χ2n) is 15.9. The number of fused-ring (bicyclic) bond motifs is 10. The Kier molecular flexibility index (Phi) is 6.68. The summed E-state index contributed by atoms with van der Waals surface area (Å²) in [4.78, 5) is 0. The van der Waals surface area contributed by atoms with Crippen LogP contribution in [0.25, 0.3) is 88.0 Å². The molecule has 59 heavy (non-hydrogen) atoms. The topological polar surface area (TPSA) is 22.4 Å². The van der Waals surface area contributed by atoms with Gasteiger partial charge in [-0.3, -0.25) is 0 Å². The molecule has 13 rings (SSSR count). The van der Waals surface area contributed by atoms with E-state index in [1.165, 1.54) is 71.8 Å². The summed E-state index contributed by atoms with van der Waals surface area (Å²) in [5, 5.41) is 7.05. The molecule has 0 N–H and O–H groups in total. The molecular formula is C57H34O2. The third-order valence-corrected chi connectivity index (χ3v) is 12.9. The van der Waals surface area contributed by atoms with Crippen LogP contribution in [-0.4, -0.2) is 0 Å². The Hall–Kier alpha value is -7.68. The second kappa shape index (κ2) is 12.2. The fourth-order valence-corrected chi connectivity index (χ4v) is 10.5. The minimum absolute atomic E-state index is 0.628. The normalized spacial score (nSPS) is 13.4. The molecule has 0 bridgehead atoms. The van der Waals surface area contributed by atoms with Gasteiger partial charge in [0.25, 0.3) is 0 Å². The molecule has 0 unspecified atom stereocenters. The summed E-state index contributed by atoms with van der Waals surface area (Å²) in [5.41, 5.74) is 15.7. The number of furan rings is 1. The van der Waals surface area contributed by atoms with Crippen molar-refractivity contribution >= 4 is 43.5 Å². The highest BCUT2D eigenvalue weighted by Gasteiger charge is 2.48. The van der Waals surface area contributed by atoms with Crippen molar-refractivity contribution in [1.29, 1.82) is 0 Å². The van der Waals surface area contributed by atoms with Crippen LogP contribution < -0.4 is 4.74 Å². The Bertz CT molecular complexity index is 3480. The molecule has 1 aliphatic heterocycles. The monoisotopic (exact) mass is 750 g/mol. The van der Waals surface area contributed by atoms with Crippen LogP contribution in [0.1, 0.15) is 22.3 Å². The molecule has 2 aliphatic rings. The molecule has 0 saturated carbocycles. The number of rotatable bonds is 4. The summed E-state index contributed by atoms with van der Waals surface area (Å²) in [6.45, 7) is 0. The summed E-state index contributed by atoms with van der Waals surface area (Å²) in [6.07, 6.45) is 0. The first-order valence-corrected chi connectivity index (χ1v) is 20.3. The standard InChI is InChI=1S/C57H34O2/c1-3-15-38(16-4-1)57(39-17-5-2-6-18-39)49-33-36(40-30-31-52-54-45(40)22-13-23-46(54)43-21-10-12-25-51(43)58-52)27-29-47(49)55-48(32-35-14-7-8-19-41(35)56(55)57)37-26-28-44-42-20-9-11-24-50(42)59-53(44)34-37/h1-34H. The molecule has 1 aliphatic carbocycles. The van der Waals surface area contributed by atoms with Gasteiger partial charge >= 0.3 is 0 Å². The van der Waals surface area contributed by atoms with E-state index < -0.39 is 5.41 Å². The molecule has 2 nitrogen and oxygen atoms in total. The zero-order valence-corrected chi connectivity index (χ0v) is 31.9. The predicted molar refractivity (Wildman–Crippen MR) is 242 cm³/mol. The Balaban J connectivity index is 1.14. The molecule has 11 aromatic rings. The first-order valence-electron chi connectivity index (χ1n) is 20.3. The maximum absolute atomic E-state index is 6.54. The third kappa shape index (κ3) is 4.46. The smallest absolute Gasteiger partial charge is 0.136 e. The van der Waals surface area contributed by atoms with Crippen LogP contribution in [0.5, 0.6) is 11.5 Å². The van der Waals surface area contributed by atoms with E-state index in [-0.39, 0.29) is 0 Å². The van der Waals surface area contributed by atoms with Gasteiger partial charge in [-0.2, -0.15) is 0 Å². The molecule has 274 valence electrons. The van der Waals surface area contributed by atoms with Crippen molar-refractivity contribution in [3.8, 4) is 56.0 Å². The van der Waals surface area contributed by atoms with Gasteiger partial charge in [-0.1, -0.05) is 164 Å². The number of hydrogen-bond donors (Lipinski definition) is 0. The van der Waals surface area contributed by atoms with Crippen molar-refractivity contribution in [3.05, 3.63) is 229 Å². The van der Waals surface area contributed by atoms with Gasteiger partial charge in [0.1, 0.15) is 22.7 Å². The number of ether oxygens (including phenoxy) is 1. The van der Waals surface area contributed by atoms with E-state index >= 15 is 0 Å². The minimum atomic E-state index is -0.628. The minimum Gasteiger partial charge on any atom is -0.456 e. The van der Waals surface area contributed by atoms with Crippen molar-refractivity contribution in [2.24, 2.45) is 0 Å². The second-order valence-corrected chi connectivity index (χ2v) is 15.9. The fourth-order valence-electron chi connectivity index (χ4n) is 10.5. The van der Waals surface area contributed by atoms with E-state index in [2.05, 4.69) is 194 Å². The quantitative estimate of drug-likeness (QED) is 0.179. The molecule has 10 aromatic carbocycles. The summed E-state index contributed by atoms with van der Waals surface area (Å²) in [7, 11) is 0. The van der Waals surface area contributed by atoms with Crippen molar-refractivity contribution < 1.29 is 9.15 Å². The highest BCUT2D eigenvalue weighted by molar-refractivity contribution is 6.12. The SMILES string of the molecule is c1ccc(C2(c3ccccc3)c3cc(-c4ccc5c6c(cccc46)-c4ccccc4O5)ccc3-c3c(-c4ccc5c(c4)oc4ccccc45)cc4ccccc4c32)cc1. The van der Waals surface area contributed by atoms with Gasteiger partial charge in [-0.25, -0.2) is 0 Å². The van der Waals surface area contributed by atoms with Crippen LogP contribution in [0.3, 0.4) is 0 Å². The summed E-state index contributed by atoms with van der Waals surface area (Å²) in [5.74, 6) is 1.79. The first kappa shape index (κ1) is 32.4. The molecule has 0 amide bonds. The molecule has 0 fully saturated rings. The molecule has 0 atom stereocenters. The van der Waals surface area contributed by atoms with Gasteiger partial charge in [-0.05, 0) is 120 Å². The van der Waals surface area contributed by atoms with Crippen LogP contribution in [0.2, 0.25) is 0 Å². The van der Waals surface area contributed by atoms with E-state index in [1.807, 2.05) is 12.1 Å². The molecule has 2 heterocycles. The maximum Gasteiger partial charge on any atom is 0.136 e. The largest absolute Gasteiger partial charge is 0.456 e. The summed E-state index contributed by atoms with van der Waals surface area (Å²) in [6, 6.07) is 75.3. The number of benzene rings is 10. The fraction of sp³-hybridized carbons (Fsp3) is 0.0175.